The molecule has 1 rings (SSSR count). The molecule has 5 nitrogen and oxygen atoms in total. The molecule has 5 heteroatoms. The summed E-state index contributed by atoms with van der Waals surface area (Å²) >= 11 is 0. The van der Waals surface area contributed by atoms with E-state index in [2.05, 4.69) is 15.0 Å². The smallest absolute Gasteiger partial charge is 0.333 e. The number of anilines is 1. The lowest BCUT2D eigenvalue weighted by Crippen LogP contribution is -2.05. The van der Waals surface area contributed by atoms with Gasteiger partial charge in [-0.1, -0.05) is 6.08 Å². The Morgan fingerprint density at radius 3 is 2.76 bits per heavy atom. The van der Waals surface area contributed by atoms with E-state index < -0.39 is 0 Å². The van der Waals surface area contributed by atoms with Crippen LogP contribution < -0.4 is 10.1 Å². The Bertz CT molecular complexity index is 399. The number of aromatic nitrogens is 1. The number of hydrogen-bond donors (Lipinski definition) is 1. The van der Waals surface area contributed by atoms with Gasteiger partial charge < -0.3 is 14.8 Å². The zero-order valence-corrected chi connectivity index (χ0v) is 10.2. The highest BCUT2D eigenvalue weighted by molar-refractivity contribution is 5.87. The summed E-state index contributed by atoms with van der Waals surface area (Å²) in [6.45, 7) is 2.24. The van der Waals surface area contributed by atoms with Gasteiger partial charge in [-0.2, -0.15) is 0 Å². The zero-order chi connectivity index (χ0) is 12.7. The lowest BCUT2D eigenvalue weighted by atomic mass is 10.3. The number of nitrogens with one attached hydrogen (secondary N) is 1. The molecule has 1 aromatic rings. The van der Waals surface area contributed by atoms with Crippen LogP contribution in [0.15, 0.2) is 30.0 Å². The molecule has 0 fully saturated rings. The third kappa shape index (κ3) is 4.14. The summed E-state index contributed by atoms with van der Waals surface area (Å²) in [7, 11) is 2.93. The molecule has 0 atom stereocenters. The van der Waals surface area contributed by atoms with E-state index in [-0.39, 0.29) is 5.97 Å². The van der Waals surface area contributed by atoms with Gasteiger partial charge in [-0.3, -0.25) is 0 Å². The van der Waals surface area contributed by atoms with Crippen molar-refractivity contribution < 1.29 is 14.3 Å². The molecule has 92 valence electrons. The number of esters is 1. The van der Waals surface area contributed by atoms with Crippen molar-refractivity contribution in [1.29, 1.82) is 0 Å². The number of nitrogens with zero attached hydrogens (tertiary/aromatic N) is 1. The van der Waals surface area contributed by atoms with Crippen molar-refractivity contribution in [1.82, 2.24) is 4.98 Å². The van der Waals surface area contributed by atoms with Crippen LogP contribution in [0, 0.1) is 0 Å². The number of rotatable bonds is 5. The van der Waals surface area contributed by atoms with E-state index in [0.29, 0.717) is 18.0 Å². The molecule has 17 heavy (non-hydrogen) atoms. The van der Waals surface area contributed by atoms with E-state index in [4.69, 9.17) is 4.74 Å². The molecule has 0 spiro atoms. The Hall–Kier alpha value is -2.04. The molecule has 0 aliphatic rings. The molecular weight excluding hydrogens is 220 g/mol. The van der Waals surface area contributed by atoms with Gasteiger partial charge in [-0.15, -0.1) is 0 Å². The maximum Gasteiger partial charge on any atom is 0.333 e. The molecule has 0 aliphatic heterocycles. The molecule has 1 N–H and O–H groups in total. The van der Waals surface area contributed by atoms with Crippen molar-refractivity contribution >= 4 is 11.7 Å². The molecular formula is C12H16N2O3. The summed E-state index contributed by atoms with van der Waals surface area (Å²) in [5, 5.41) is 3.10. The predicted octanol–water partition coefficient (Wildman–Crippen LogP) is 1.62. The van der Waals surface area contributed by atoms with Crippen LogP contribution in [0.2, 0.25) is 0 Å². The highest BCUT2D eigenvalue weighted by atomic mass is 16.5. The summed E-state index contributed by atoms with van der Waals surface area (Å²) in [4.78, 5) is 15.1. The van der Waals surface area contributed by atoms with Crippen LogP contribution in [0.1, 0.15) is 6.92 Å². The van der Waals surface area contributed by atoms with Crippen LogP contribution in [-0.4, -0.2) is 31.7 Å². The summed E-state index contributed by atoms with van der Waals surface area (Å²) in [5.74, 6) is 0.247. The molecule has 1 heterocycles. The first-order chi connectivity index (χ1) is 8.17. The predicted molar refractivity (Wildman–Crippen MR) is 65.1 cm³/mol. The number of methoxy groups -OCH3 is 2. The number of carbonyl (C=O) groups excluding carboxylic acids is 1. The monoisotopic (exact) mass is 236 g/mol. The molecule has 0 radical (unpaired) electrons. The average molecular weight is 236 g/mol. The Morgan fingerprint density at radius 2 is 2.24 bits per heavy atom. The van der Waals surface area contributed by atoms with Crippen molar-refractivity contribution in [3.05, 3.63) is 30.0 Å². The highest BCUT2D eigenvalue weighted by Crippen LogP contribution is 2.10. The number of hydrogen-bond acceptors (Lipinski definition) is 5. The molecule has 0 unspecified atom stereocenters. The first kappa shape index (κ1) is 13.0. The van der Waals surface area contributed by atoms with Crippen LogP contribution in [0.4, 0.5) is 5.69 Å². The Kier molecular flexibility index (Phi) is 5.00. The van der Waals surface area contributed by atoms with Crippen molar-refractivity contribution in [3.63, 3.8) is 0 Å². The van der Waals surface area contributed by atoms with Crippen LogP contribution in [-0.2, 0) is 9.53 Å². The Morgan fingerprint density at radius 1 is 1.47 bits per heavy atom. The first-order valence-corrected chi connectivity index (χ1v) is 5.16. The van der Waals surface area contributed by atoms with Crippen molar-refractivity contribution in [2.75, 3.05) is 26.1 Å². The van der Waals surface area contributed by atoms with Crippen LogP contribution in [0.5, 0.6) is 5.88 Å². The van der Waals surface area contributed by atoms with Crippen molar-refractivity contribution in [2.45, 2.75) is 6.92 Å². The lowest BCUT2D eigenvalue weighted by Gasteiger charge is -2.04. The zero-order valence-electron chi connectivity index (χ0n) is 10.2. The number of pyridine rings is 1. The fraction of sp³-hybridized carbons (Fsp3) is 0.333. The Balaban J connectivity index is 2.47. The highest BCUT2D eigenvalue weighted by Gasteiger charge is 2.01. The molecule has 0 aliphatic carbocycles. The van der Waals surface area contributed by atoms with Gasteiger partial charge in [0.1, 0.15) is 0 Å². The van der Waals surface area contributed by atoms with Crippen molar-refractivity contribution in [3.8, 4) is 5.88 Å². The van der Waals surface area contributed by atoms with Gasteiger partial charge in [0.25, 0.3) is 0 Å². The van der Waals surface area contributed by atoms with Gasteiger partial charge in [0.05, 0.1) is 26.1 Å². The summed E-state index contributed by atoms with van der Waals surface area (Å²) < 4.78 is 9.53. The molecule has 0 amide bonds. The Labute approximate surface area is 100 Å². The SMILES string of the molecule is COC(=O)/C(C)=C/CNc1ccc(OC)nc1. The fourth-order valence-electron chi connectivity index (χ4n) is 1.17. The standard InChI is InChI=1S/C12H16N2O3/c1-9(12(15)17-3)6-7-13-10-4-5-11(16-2)14-8-10/h4-6,8,13H,7H2,1-3H3/b9-6+. The fourth-order valence-corrected chi connectivity index (χ4v) is 1.17. The average Bonchev–Trinajstić information content (AvgIpc) is 2.38. The third-order valence-corrected chi connectivity index (χ3v) is 2.17. The maximum atomic E-state index is 11.1. The van der Waals surface area contributed by atoms with Gasteiger partial charge in [-0.25, -0.2) is 9.78 Å². The second-order valence-corrected chi connectivity index (χ2v) is 3.35. The number of carbonyl (C=O) groups is 1. The molecule has 1 aromatic heterocycles. The van der Waals surface area contributed by atoms with Gasteiger partial charge in [0.2, 0.25) is 5.88 Å². The summed E-state index contributed by atoms with van der Waals surface area (Å²) in [5.41, 5.74) is 1.43. The van der Waals surface area contributed by atoms with E-state index in [1.54, 1.807) is 32.4 Å². The minimum atomic E-state index is -0.320. The maximum absolute atomic E-state index is 11.1. The van der Waals surface area contributed by atoms with Crippen LogP contribution in [0.25, 0.3) is 0 Å². The molecule has 0 bridgehead atoms. The topological polar surface area (TPSA) is 60.5 Å². The molecule has 0 aromatic carbocycles. The summed E-state index contributed by atoms with van der Waals surface area (Å²) in [6, 6.07) is 3.62. The summed E-state index contributed by atoms with van der Waals surface area (Å²) in [6.07, 6.45) is 3.43. The second-order valence-electron chi connectivity index (χ2n) is 3.35. The van der Waals surface area contributed by atoms with E-state index in [9.17, 15) is 4.79 Å². The van der Waals surface area contributed by atoms with E-state index in [1.807, 2.05) is 6.07 Å². The quantitative estimate of drug-likeness (QED) is 0.622. The van der Waals surface area contributed by atoms with Gasteiger partial charge in [0.15, 0.2) is 0 Å². The van der Waals surface area contributed by atoms with Gasteiger partial charge in [-0.05, 0) is 13.0 Å². The van der Waals surface area contributed by atoms with E-state index >= 15 is 0 Å². The lowest BCUT2D eigenvalue weighted by molar-refractivity contribution is -0.136. The normalized spacial score (nSPS) is 10.9. The molecule has 0 saturated carbocycles. The van der Waals surface area contributed by atoms with Crippen LogP contribution in [0.3, 0.4) is 0 Å². The minimum absolute atomic E-state index is 0.320. The second kappa shape index (κ2) is 6.52. The van der Waals surface area contributed by atoms with Gasteiger partial charge >= 0.3 is 5.97 Å². The van der Waals surface area contributed by atoms with Crippen molar-refractivity contribution in [2.24, 2.45) is 0 Å². The van der Waals surface area contributed by atoms with Gasteiger partial charge in [0, 0.05) is 18.2 Å². The third-order valence-electron chi connectivity index (χ3n) is 2.17. The molecule has 0 saturated heterocycles. The van der Waals surface area contributed by atoms with Crippen LogP contribution >= 0.6 is 0 Å². The van der Waals surface area contributed by atoms with E-state index in [1.165, 1.54) is 7.11 Å². The first-order valence-electron chi connectivity index (χ1n) is 5.16. The number of ether oxygens (including phenoxy) is 2. The van der Waals surface area contributed by atoms with E-state index in [0.717, 1.165) is 5.69 Å². The largest absolute Gasteiger partial charge is 0.481 e. The minimum Gasteiger partial charge on any atom is -0.481 e.